The van der Waals surface area contributed by atoms with Crippen molar-refractivity contribution in [1.29, 1.82) is 0 Å². The molecule has 1 N–H and O–H groups in total. The van der Waals surface area contributed by atoms with E-state index < -0.39 is 46.5 Å². The zero-order valence-corrected chi connectivity index (χ0v) is 17.3. The van der Waals surface area contributed by atoms with Crippen LogP contribution in [0.15, 0.2) is 55.0 Å². The molecule has 4 rings (SSSR count). The van der Waals surface area contributed by atoms with Gasteiger partial charge in [-0.3, -0.25) is 4.79 Å². The molecule has 0 fully saturated rings. The Bertz CT molecular complexity index is 1390. The van der Waals surface area contributed by atoms with Gasteiger partial charge in [-0.25, -0.2) is 18.2 Å². The number of hydrogen-bond acceptors (Lipinski definition) is 4. The number of nitrogens with one attached hydrogen (secondary N) is 1. The zero-order chi connectivity index (χ0) is 24.6. The van der Waals surface area contributed by atoms with Crippen molar-refractivity contribution in [3.63, 3.8) is 0 Å². The van der Waals surface area contributed by atoms with Crippen LogP contribution in [0.5, 0.6) is 0 Å². The van der Waals surface area contributed by atoms with E-state index in [0.29, 0.717) is 23.0 Å². The lowest BCUT2D eigenvalue weighted by Crippen LogP contribution is -2.17. The average Bonchev–Trinajstić information content (AvgIpc) is 3.29. The van der Waals surface area contributed by atoms with E-state index in [4.69, 9.17) is 11.6 Å². The Hall–Kier alpha value is -3.93. The fourth-order valence-electron chi connectivity index (χ4n) is 3.05. The van der Waals surface area contributed by atoms with Crippen molar-refractivity contribution in [2.24, 2.45) is 0 Å². The highest BCUT2D eigenvalue weighted by Crippen LogP contribution is 2.35. The lowest BCUT2D eigenvalue weighted by atomic mass is 10.0. The van der Waals surface area contributed by atoms with Gasteiger partial charge >= 0.3 is 6.18 Å². The van der Waals surface area contributed by atoms with Crippen LogP contribution in [0.1, 0.15) is 15.9 Å². The molecule has 0 aliphatic rings. The third-order valence-electron chi connectivity index (χ3n) is 4.56. The summed E-state index contributed by atoms with van der Waals surface area (Å²) >= 11 is 6.05. The quantitative estimate of drug-likeness (QED) is 0.369. The Morgan fingerprint density at radius 2 is 1.62 bits per heavy atom. The van der Waals surface area contributed by atoms with Gasteiger partial charge in [-0.2, -0.15) is 23.4 Å². The van der Waals surface area contributed by atoms with Crippen molar-refractivity contribution in [1.82, 2.24) is 20.0 Å². The fraction of sp³-hybridized carbons (Fsp3) is 0.0476. The van der Waals surface area contributed by atoms with Crippen LogP contribution < -0.4 is 5.32 Å². The van der Waals surface area contributed by atoms with E-state index in [9.17, 15) is 31.1 Å². The van der Waals surface area contributed by atoms with Gasteiger partial charge in [0.1, 0.15) is 23.0 Å². The van der Waals surface area contributed by atoms with Gasteiger partial charge in [0.2, 0.25) is 0 Å². The minimum atomic E-state index is -4.86. The van der Waals surface area contributed by atoms with Gasteiger partial charge in [0.15, 0.2) is 5.82 Å². The first-order chi connectivity index (χ1) is 16.0. The average molecular weight is 498 g/mol. The molecule has 0 bridgehead atoms. The van der Waals surface area contributed by atoms with Crippen molar-refractivity contribution in [3.8, 4) is 16.9 Å². The number of anilines is 1. The molecule has 0 aliphatic heterocycles. The number of nitrogens with zero attached hydrogens (tertiary/aromatic N) is 4. The lowest BCUT2D eigenvalue weighted by molar-refractivity contribution is -0.137. The number of rotatable bonds is 4. The second-order valence-electron chi connectivity index (χ2n) is 6.80. The Kier molecular flexibility index (Phi) is 6.00. The molecule has 13 heteroatoms. The van der Waals surface area contributed by atoms with E-state index in [2.05, 4.69) is 20.5 Å². The minimum absolute atomic E-state index is 0.297. The second kappa shape index (κ2) is 8.78. The first-order valence-electron chi connectivity index (χ1n) is 9.24. The van der Waals surface area contributed by atoms with Gasteiger partial charge in [-0.1, -0.05) is 11.6 Å². The van der Waals surface area contributed by atoms with Crippen LogP contribution >= 0.6 is 11.6 Å². The van der Waals surface area contributed by atoms with Crippen molar-refractivity contribution in [2.75, 3.05) is 5.32 Å². The summed E-state index contributed by atoms with van der Waals surface area (Å²) in [6, 6.07) is 4.72. The van der Waals surface area contributed by atoms with E-state index in [-0.39, 0.29) is 21.8 Å². The Morgan fingerprint density at radius 3 is 2.26 bits per heavy atom. The van der Waals surface area contributed by atoms with Crippen LogP contribution in [-0.2, 0) is 6.18 Å². The molecule has 0 unspecified atom stereocenters. The first kappa shape index (κ1) is 23.2. The molecule has 6 nitrogen and oxygen atoms in total. The summed E-state index contributed by atoms with van der Waals surface area (Å²) < 4.78 is 82.3. The molecular formula is C21H10ClF6N5O. The predicted octanol–water partition coefficient (Wildman–Crippen LogP) is 5.67. The zero-order valence-electron chi connectivity index (χ0n) is 16.5. The minimum Gasteiger partial charge on any atom is -0.321 e. The molecule has 2 aromatic heterocycles. The van der Waals surface area contributed by atoms with Crippen LogP contribution in [0.3, 0.4) is 0 Å². The van der Waals surface area contributed by atoms with Gasteiger partial charge in [0, 0.05) is 17.2 Å². The molecule has 0 atom stereocenters. The summed E-state index contributed by atoms with van der Waals surface area (Å²) in [5.41, 5.74) is -2.66. The molecule has 0 aliphatic carbocycles. The maximum absolute atomic E-state index is 14.6. The van der Waals surface area contributed by atoms with Crippen LogP contribution in [0.4, 0.5) is 32.0 Å². The van der Waals surface area contributed by atoms with Crippen molar-refractivity contribution in [2.45, 2.75) is 6.18 Å². The normalized spacial score (nSPS) is 11.5. The van der Waals surface area contributed by atoms with E-state index in [1.807, 2.05) is 0 Å². The number of halogens is 7. The summed E-state index contributed by atoms with van der Waals surface area (Å²) in [5.74, 6) is -4.65. The molecule has 1 amide bonds. The van der Waals surface area contributed by atoms with Crippen LogP contribution in [0.25, 0.3) is 16.9 Å². The fourth-order valence-corrected chi connectivity index (χ4v) is 3.30. The van der Waals surface area contributed by atoms with Gasteiger partial charge < -0.3 is 5.32 Å². The summed E-state index contributed by atoms with van der Waals surface area (Å²) in [7, 11) is 0. The maximum Gasteiger partial charge on any atom is 0.420 e. The summed E-state index contributed by atoms with van der Waals surface area (Å²) in [6.07, 6.45) is -1.61. The van der Waals surface area contributed by atoms with Gasteiger partial charge in [-0.15, -0.1) is 4.80 Å². The Balaban J connectivity index is 1.66. The van der Waals surface area contributed by atoms with Crippen molar-refractivity contribution in [3.05, 3.63) is 88.6 Å². The number of carbonyl (C=O) groups excluding carboxylic acids is 1. The van der Waals surface area contributed by atoms with Gasteiger partial charge in [0.25, 0.3) is 5.91 Å². The summed E-state index contributed by atoms with van der Waals surface area (Å²) in [5, 5.41) is 9.07. The molecule has 2 aromatic carbocycles. The molecule has 0 radical (unpaired) electrons. The van der Waals surface area contributed by atoms with E-state index in [1.54, 1.807) is 0 Å². The molecule has 0 saturated carbocycles. The number of alkyl halides is 3. The lowest BCUT2D eigenvalue weighted by Gasteiger charge is -2.14. The third-order valence-corrected chi connectivity index (χ3v) is 4.87. The van der Waals surface area contributed by atoms with Crippen LogP contribution in [0, 0.1) is 17.5 Å². The van der Waals surface area contributed by atoms with Crippen LogP contribution in [0.2, 0.25) is 5.02 Å². The standard InChI is InChI=1S/C21H10ClF6N5O/c22-16-7-13(12-2-1-10(23)5-17(12)24)18(25)8-14(16)20(34)32-11-6-15(21(26,27)28)19(29-9-11)33-30-3-4-31-33/h1-9H,(H,32,34). The monoisotopic (exact) mass is 497 g/mol. The molecule has 2 heterocycles. The van der Waals surface area contributed by atoms with Gasteiger partial charge in [-0.05, 0) is 30.3 Å². The first-order valence-corrected chi connectivity index (χ1v) is 9.62. The van der Waals surface area contributed by atoms with E-state index >= 15 is 0 Å². The number of aromatic nitrogens is 4. The number of carbonyl (C=O) groups is 1. The SMILES string of the molecule is O=C(Nc1cnc(-n2nccn2)c(C(F)(F)F)c1)c1cc(F)c(-c2ccc(F)cc2F)cc1Cl. The molecule has 0 spiro atoms. The highest BCUT2D eigenvalue weighted by atomic mass is 35.5. The molecular weight excluding hydrogens is 488 g/mol. The number of hydrogen-bond donors (Lipinski definition) is 1. The van der Waals surface area contributed by atoms with Gasteiger partial charge in [0.05, 0.1) is 34.9 Å². The largest absolute Gasteiger partial charge is 0.420 e. The highest BCUT2D eigenvalue weighted by Gasteiger charge is 2.36. The number of amides is 1. The molecule has 0 saturated heterocycles. The summed E-state index contributed by atoms with van der Waals surface area (Å²) in [6.45, 7) is 0. The predicted molar refractivity (Wildman–Crippen MR) is 109 cm³/mol. The van der Waals surface area contributed by atoms with Crippen molar-refractivity contribution < 1.29 is 31.1 Å². The van der Waals surface area contributed by atoms with E-state index in [0.717, 1.165) is 36.8 Å². The molecule has 34 heavy (non-hydrogen) atoms. The van der Waals surface area contributed by atoms with E-state index in [1.165, 1.54) is 0 Å². The van der Waals surface area contributed by atoms with Crippen LogP contribution in [-0.4, -0.2) is 25.9 Å². The topological polar surface area (TPSA) is 72.7 Å². The maximum atomic E-state index is 14.6. The highest BCUT2D eigenvalue weighted by molar-refractivity contribution is 6.34. The van der Waals surface area contributed by atoms with Crippen molar-refractivity contribution >= 4 is 23.2 Å². The smallest absolute Gasteiger partial charge is 0.321 e. The Morgan fingerprint density at radius 1 is 0.941 bits per heavy atom. The Labute approximate surface area is 191 Å². The second-order valence-corrected chi connectivity index (χ2v) is 7.21. The molecule has 174 valence electrons. The summed E-state index contributed by atoms with van der Waals surface area (Å²) in [4.78, 5) is 16.9. The number of pyridine rings is 1. The third kappa shape index (κ3) is 4.57. The number of benzene rings is 2. The molecule has 4 aromatic rings.